The number of pyridine rings is 1. The number of carbonyl (C=O) groups is 3. The van der Waals surface area contributed by atoms with Crippen molar-refractivity contribution < 1.29 is 27.6 Å². The molecular formula is C28H26BrF3N6O3. The lowest BCUT2D eigenvalue weighted by Crippen LogP contribution is -2.29. The van der Waals surface area contributed by atoms with Gasteiger partial charge in [-0.15, -0.1) is 0 Å². The number of hydrogen-bond donors (Lipinski definition) is 3. The van der Waals surface area contributed by atoms with Crippen molar-refractivity contribution in [2.24, 2.45) is 0 Å². The number of fused-ring (bicyclic) bond motifs is 1. The van der Waals surface area contributed by atoms with Gasteiger partial charge in [-0.2, -0.15) is 18.3 Å². The van der Waals surface area contributed by atoms with Crippen LogP contribution in [-0.4, -0.2) is 46.1 Å². The summed E-state index contributed by atoms with van der Waals surface area (Å²) in [4.78, 5) is 40.6. The van der Waals surface area contributed by atoms with Crippen LogP contribution in [0.4, 0.5) is 18.9 Å². The summed E-state index contributed by atoms with van der Waals surface area (Å²) >= 11 is 3.30. The Bertz CT molecular complexity index is 1630. The van der Waals surface area contributed by atoms with Gasteiger partial charge in [0.2, 0.25) is 5.91 Å². The van der Waals surface area contributed by atoms with Crippen molar-refractivity contribution in [3.8, 4) is 0 Å². The topological polar surface area (TPSA) is 118 Å². The monoisotopic (exact) mass is 630 g/mol. The molecule has 41 heavy (non-hydrogen) atoms. The first-order valence-corrected chi connectivity index (χ1v) is 13.3. The highest BCUT2D eigenvalue weighted by molar-refractivity contribution is 9.10. The molecule has 0 bridgehead atoms. The van der Waals surface area contributed by atoms with Crippen LogP contribution in [0.5, 0.6) is 0 Å². The minimum Gasteiger partial charge on any atom is -0.359 e. The third kappa shape index (κ3) is 6.91. The Hall–Kier alpha value is -4.26. The van der Waals surface area contributed by atoms with Gasteiger partial charge in [0, 0.05) is 35.4 Å². The summed E-state index contributed by atoms with van der Waals surface area (Å²) in [6.07, 6.45) is -4.55. The molecular weight excluding hydrogens is 605 g/mol. The molecule has 0 aliphatic carbocycles. The Morgan fingerprint density at radius 1 is 1.00 bits per heavy atom. The van der Waals surface area contributed by atoms with Gasteiger partial charge in [-0.3, -0.25) is 19.1 Å². The quantitative estimate of drug-likeness (QED) is 0.253. The number of amides is 3. The molecule has 0 spiro atoms. The van der Waals surface area contributed by atoms with Crippen LogP contribution >= 0.6 is 15.9 Å². The number of aryl methyl sites for hydroxylation is 1. The third-order valence-electron chi connectivity index (χ3n) is 6.39. The predicted octanol–water partition coefficient (Wildman–Crippen LogP) is 5.00. The zero-order valence-electron chi connectivity index (χ0n) is 22.3. The smallest absolute Gasteiger partial charge is 0.359 e. The number of aromatic nitrogens is 3. The molecule has 13 heteroatoms. The van der Waals surface area contributed by atoms with Gasteiger partial charge in [0.15, 0.2) is 0 Å². The van der Waals surface area contributed by atoms with Crippen LogP contribution in [0.1, 0.15) is 49.8 Å². The van der Waals surface area contributed by atoms with Crippen molar-refractivity contribution in [3.05, 3.63) is 86.8 Å². The fourth-order valence-electron chi connectivity index (χ4n) is 4.19. The Labute approximate surface area is 241 Å². The maximum absolute atomic E-state index is 13.5. The molecule has 4 aromatic rings. The largest absolute Gasteiger partial charge is 0.433 e. The lowest BCUT2D eigenvalue weighted by Gasteiger charge is -2.13. The maximum atomic E-state index is 13.5. The Balaban J connectivity index is 1.52. The van der Waals surface area contributed by atoms with E-state index in [1.807, 2.05) is 0 Å². The van der Waals surface area contributed by atoms with E-state index in [2.05, 4.69) is 42.0 Å². The molecule has 9 nitrogen and oxygen atoms in total. The maximum Gasteiger partial charge on any atom is 0.433 e. The molecule has 0 fully saturated rings. The first-order chi connectivity index (χ1) is 19.4. The summed E-state index contributed by atoms with van der Waals surface area (Å²) in [5, 5.41) is 12.7. The molecule has 2 aromatic heterocycles. The zero-order chi connectivity index (χ0) is 29.9. The normalized spacial score (nSPS) is 11.4. The highest BCUT2D eigenvalue weighted by atomic mass is 79.9. The first-order valence-electron chi connectivity index (χ1n) is 12.5. The summed E-state index contributed by atoms with van der Waals surface area (Å²) in [7, 11) is 1.53. The van der Waals surface area contributed by atoms with E-state index in [0.29, 0.717) is 33.7 Å². The number of halogens is 4. The first kappa shape index (κ1) is 29.7. The second-order valence-electron chi connectivity index (χ2n) is 9.25. The fourth-order valence-corrected chi connectivity index (χ4v) is 4.56. The summed E-state index contributed by atoms with van der Waals surface area (Å²) in [6.45, 7) is 3.97. The van der Waals surface area contributed by atoms with Gasteiger partial charge >= 0.3 is 6.18 Å². The molecule has 2 aromatic carbocycles. The van der Waals surface area contributed by atoms with E-state index < -0.39 is 17.8 Å². The second kappa shape index (κ2) is 12.1. The van der Waals surface area contributed by atoms with E-state index in [-0.39, 0.29) is 41.2 Å². The van der Waals surface area contributed by atoms with Gasteiger partial charge in [-0.05, 0) is 55.8 Å². The molecule has 0 radical (unpaired) electrons. The van der Waals surface area contributed by atoms with Crippen molar-refractivity contribution in [1.29, 1.82) is 0 Å². The minimum atomic E-state index is -4.73. The number of carbonyl (C=O) groups excluding carboxylic acids is 3. The lowest BCUT2D eigenvalue weighted by molar-refractivity contribution is -0.141. The van der Waals surface area contributed by atoms with Gasteiger partial charge in [0.1, 0.15) is 5.69 Å². The molecule has 0 aliphatic rings. The van der Waals surface area contributed by atoms with Crippen molar-refractivity contribution in [3.63, 3.8) is 0 Å². The van der Waals surface area contributed by atoms with Gasteiger partial charge < -0.3 is 16.0 Å². The van der Waals surface area contributed by atoms with Crippen LogP contribution in [0.2, 0.25) is 0 Å². The van der Waals surface area contributed by atoms with Gasteiger partial charge in [-0.1, -0.05) is 28.1 Å². The van der Waals surface area contributed by atoms with Crippen LogP contribution < -0.4 is 16.0 Å². The molecule has 0 unspecified atom stereocenters. The van der Waals surface area contributed by atoms with Gasteiger partial charge in [0.05, 0.1) is 34.7 Å². The van der Waals surface area contributed by atoms with E-state index in [9.17, 15) is 27.6 Å². The van der Waals surface area contributed by atoms with E-state index in [0.717, 1.165) is 11.6 Å². The SMILES string of the molecule is CNC(=O)CCNC(=O)c1ccc(Cn2nc(C)c(NC(=O)c3cc(C(F)(F)F)nc4ccc(Br)cc34)c2C)cc1. The van der Waals surface area contributed by atoms with Crippen molar-refractivity contribution in [1.82, 2.24) is 25.4 Å². The van der Waals surface area contributed by atoms with E-state index in [1.165, 1.54) is 13.1 Å². The van der Waals surface area contributed by atoms with Crippen LogP contribution in [0.3, 0.4) is 0 Å². The number of rotatable bonds is 8. The van der Waals surface area contributed by atoms with Crippen molar-refractivity contribution >= 4 is 50.2 Å². The standard InChI is InChI=1S/C28H26BrF3N6O3/c1-15-25(36-27(41)21-13-23(28(30,31)32)35-22-9-8-19(29)12-20(21)22)16(2)38(37-15)14-17-4-6-18(7-5-17)26(40)34-11-10-24(39)33-3/h4-9,12-13H,10-11,14H2,1-3H3,(H,33,39)(H,34,40)(H,36,41). The second-order valence-corrected chi connectivity index (χ2v) is 10.2. The number of anilines is 1. The van der Waals surface area contributed by atoms with Crippen LogP contribution in [0.25, 0.3) is 10.9 Å². The molecule has 0 aliphatic heterocycles. The average Bonchev–Trinajstić information content (AvgIpc) is 3.19. The summed E-state index contributed by atoms with van der Waals surface area (Å²) in [6, 6.07) is 12.1. The Morgan fingerprint density at radius 2 is 1.71 bits per heavy atom. The molecule has 4 rings (SSSR count). The minimum absolute atomic E-state index is 0.0425. The Morgan fingerprint density at radius 3 is 2.37 bits per heavy atom. The zero-order valence-corrected chi connectivity index (χ0v) is 23.9. The van der Waals surface area contributed by atoms with Crippen molar-refractivity contribution in [2.45, 2.75) is 33.0 Å². The van der Waals surface area contributed by atoms with Gasteiger partial charge in [0.25, 0.3) is 11.8 Å². The molecule has 0 saturated heterocycles. The fraction of sp³-hybridized carbons (Fsp3) is 0.250. The number of nitrogens with zero attached hydrogens (tertiary/aromatic N) is 3. The summed E-state index contributed by atoms with van der Waals surface area (Å²) in [5.74, 6) is -1.20. The lowest BCUT2D eigenvalue weighted by atomic mass is 10.1. The van der Waals surface area contributed by atoms with Crippen molar-refractivity contribution in [2.75, 3.05) is 18.9 Å². The average molecular weight is 631 g/mol. The number of hydrogen-bond acceptors (Lipinski definition) is 5. The van der Waals surface area contributed by atoms with E-state index in [4.69, 9.17) is 0 Å². The summed E-state index contributed by atoms with van der Waals surface area (Å²) in [5.41, 5.74) is 1.44. The van der Waals surface area contributed by atoms with E-state index in [1.54, 1.807) is 54.9 Å². The number of benzene rings is 2. The molecule has 0 saturated carbocycles. The highest BCUT2D eigenvalue weighted by Gasteiger charge is 2.34. The molecule has 214 valence electrons. The predicted molar refractivity (Wildman–Crippen MR) is 151 cm³/mol. The van der Waals surface area contributed by atoms with Crippen LogP contribution in [-0.2, 0) is 17.5 Å². The summed E-state index contributed by atoms with van der Waals surface area (Å²) < 4.78 is 42.8. The van der Waals surface area contributed by atoms with Gasteiger partial charge in [-0.25, -0.2) is 4.98 Å². The number of alkyl halides is 3. The highest BCUT2D eigenvalue weighted by Crippen LogP contribution is 2.32. The third-order valence-corrected chi connectivity index (χ3v) is 6.88. The molecule has 0 atom stereocenters. The molecule has 3 amide bonds. The van der Waals surface area contributed by atoms with E-state index >= 15 is 0 Å². The number of nitrogens with one attached hydrogen (secondary N) is 3. The van der Waals surface area contributed by atoms with Crippen LogP contribution in [0, 0.1) is 13.8 Å². The molecule has 2 heterocycles. The van der Waals surface area contributed by atoms with Crippen LogP contribution in [0.15, 0.2) is 53.0 Å². The molecule has 3 N–H and O–H groups in total. The Kier molecular flexibility index (Phi) is 8.76.